The lowest BCUT2D eigenvalue weighted by Crippen LogP contribution is -2.48. The number of H-pyrrole nitrogens is 1. The number of anilines is 2. The number of aromatic nitrogens is 5. The van der Waals surface area contributed by atoms with Crippen LogP contribution in [0.5, 0.6) is 0 Å². The molecular formula is C23H28N7+. The molecule has 7 nitrogen and oxygen atoms in total. The molecule has 0 amide bonds. The lowest BCUT2D eigenvalue weighted by molar-refractivity contribution is -0.364. The summed E-state index contributed by atoms with van der Waals surface area (Å²) in [5, 5.41) is 5.94. The van der Waals surface area contributed by atoms with E-state index in [0.717, 1.165) is 72.9 Å². The first-order valence-corrected chi connectivity index (χ1v) is 10.8. The predicted octanol–water partition coefficient (Wildman–Crippen LogP) is 2.99. The van der Waals surface area contributed by atoms with E-state index < -0.39 is 0 Å². The molecule has 154 valence electrons. The zero-order valence-electron chi connectivity index (χ0n) is 17.9. The Bertz CT molecular complexity index is 1190. The Morgan fingerprint density at radius 1 is 1.00 bits per heavy atom. The number of hydrogen-bond acceptors (Lipinski definition) is 5. The summed E-state index contributed by atoms with van der Waals surface area (Å²) in [6.45, 7) is 10.2. The van der Waals surface area contributed by atoms with Crippen LogP contribution < -0.4 is 14.8 Å². The summed E-state index contributed by atoms with van der Waals surface area (Å²) in [4.78, 5) is 17.8. The van der Waals surface area contributed by atoms with E-state index in [-0.39, 0.29) is 0 Å². The van der Waals surface area contributed by atoms with Crippen LogP contribution >= 0.6 is 0 Å². The van der Waals surface area contributed by atoms with E-state index in [1.54, 1.807) is 0 Å². The summed E-state index contributed by atoms with van der Waals surface area (Å²) in [6, 6.07) is 10.6. The van der Waals surface area contributed by atoms with E-state index in [9.17, 15) is 0 Å². The van der Waals surface area contributed by atoms with E-state index in [2.05, 4.69) is 57.9 Å². The number of aryl methyl sites for hydroxylation is 3. The summed E-state index contributed by atoms with van der Waals surface area (Å²) in [5.41, 5.74) is 5.01. The molecule has 7 heteroatoms. The van der Waals surface area contributed by atoms with Gasteiger partial charge in [0.15, 0.2) is 11.3 Å². The fraction of sp³-hybridized carbons (Fsp3) is 0.391. The lowest BCUT2D eigenvalue weighted by Gasteiger charge is -2.32. The van der Waals surface area contributed by atoms with Crippen molar-refractivity contribution < 1.29 is 4.98 Å². The molecule has 1 saturated heterocycles. The van der Waals surface area contributed by atoms with Gasteiger partial charge in [0.1, 0.15) is 18.9 Å². The van der Waals surface area contributed by atoms with Gasteiger partial charge in [0.05, 0.1) is 24.7 Å². The van der Waals surface area contributed by atoms with Crippen molar-refractivity contribution in [2.45, 2.75) is 33.6 Å². The first-order chi connectivity index (χ1) is 14.6. The molecular weight excluding hydrogens is 374 g/mol. The van der Waals surface area contributed by atoms with Crippen LogP contribution in [0.25, 0.3) is 16.7 Å². The van der Waals surface area contributed by atoms with Gasteiger partial charge in [-0.3, -0.25) is 4.90 Å². The Hall–Kier alpha value is -3.22. The third kappa shape index (κ3) is 3.24. The summed E-state index contributed by atoms with van der Waals surface area (Å²) in [5.74, 6) is 2.29. The van der Waals surface area contributed by atoms with Crippen molar-refractivity contribution >= 4 is 28.3 Å². The summed E-state index contributed by atoms with van der Waals surface area (Å²) in [7, 11) is 0. The highest BCUT2D eigenvalue weighted by Gasteiger charge is 2.26. The van der Waals surface area contributed by atoms with Crippen LogP contribution in [0.4, 0.5) is 11.6 Å². The summed E-state index contributed by atoms with van der Waals surface area (Å²) >= 11 is 0. The van der Waals surface area contributed by atoms with Gasteiger partial charge in [-0.05, 0) is 38.0 Å². The van der Waals surface area contributed by atoms with E-state index in [1.165, 1.54) is 11.4 Å². The molecule has 1 N–H and O–H groups in total. The van der Waals surface area contributed by atoms with Crippen molar-refractivity contribution in [3.63, 3.8) is 0 Å². The fourth-order valence-electron chi connectivity index (χ4n) is 4.42. The molecule has 5 rings (SSSR count). The smallest absolute Gasteiger partial charge is 0.274 e. The number of hydrogen-bond donors (Lipinski definition) is 0. The van der Waals surface area contributed by atoms with Gasteiger partial charge in [0.2, 0.25) is 0 Å². The SMILES string of the molecule is CCCc1cc(N2CCN(c3cccc[nH+]3)CC2)n2nc3nc(C)cc(C)c3c2n1. The molecule has 30 heavy (non-hydrogen) atoms. The maximum Gasteiger partial charge on any atom is 0.274 e. The van der Waals surface area contributed by atoms with Crippen LogP contribution in [0.2, 0.25) is 0 Å². The zero-order valence-corrected chi connectivity index (χ0v) is 17.9. The molecule has 5 heterocycles. The Balaban J connectivity index is 1.56. The number of rotatable bonds is 4. The molecule has 1 aliphatic rings. The Labute approximate surface area is 176 Å². The van der Waals surface area contributed by atoms with Crippen LogP contribution in [-0.2, 0) is 6.42 Å². The normalized spacial score (nSPS) is 14.8. The van der Waals surface area contributed by atoms with E-state index in [1.807, 2.05) is 23.7 Å². The number of nitrogens with one attached hydrogen (secondary N) is 1. The van der Waals surface area contributed by atoms with Gasteiger partial charge < -0.3 is 4.90 Å². The van der Waals surface area contributed by atoms with Crippen molar-refractivity contribution in [3.8, 4) is 0 Å². The monoisotopic (exact) mass is 402 g/mol. The standard InChI is InChI=1S/C23H27N7/c1-4-7-18-15-20(29-12-10-28(11-13-29)19-8-5-6-9-24-19)30-23(26-18)21-16(2)14-17(3)25-22(21)27-30/h5-6,8-9,14-15H,4,7,10-13H2,1-3H3/p+1. The summed E-state index contributed by atoms with van der Waals surface area (Å²) < 4.78 is 2.01. The zero-order chi connectivity index (χ0) is 20.7. The van der Waals surface area contributed by atoms with Crippen LogP contribution in [0.15, 0.2) is 36.5 Å². The average molecular weight is 403 g/mol. The largest absolute Gasteiger partial charge is 0.349 e. The van der Waals surface area contributed by atoms with Gasteiger partial charge in [-0.25, -0.2) is 15.0 Å². The minimum Gasteiger partial charge on any atom is -0.349 e. The van der Waals surface area contributed by atoms with Crippen molar-refractivity contribution in [3.05, 3.63) is 53.5 Å². The number of pyridine rings is 2. The quantitative estimate of drug-likeness (QED) is 0.525. The van der Waals surface area contributed by atoms with E-state index in [0.29, 0.717) is 0 Å². The van der Waals surface area contributed by atoms with Gasteiger partial charge in [-0.2, -0.15) is 4.52 Å². The van der Waals surface area contributed by atoms with Crippen LogP contribution in [0, 0.1) is 13.8 Å². The predicted molar refractivity (Wildman–Crippen MR) is 119 cm³/mol. The van der Waals surface area contributed by atoms with E-state index in [4.69, 9.17) is 10.1 Å². The molecule has 0 bridgehead atoms. The molecule has 0 aromatic carbocycles. The first kappa shape index (κ1) is 18.8. The van der Waals surface area contributed by atoms with Crippen molar-refractivity contribution in [1.82, 2.24) is 19.6 Å². The number of fused-ring (bicyclic) bond motifs is 3. The van der Waals surface area contributed by atoms with Gasteiger partial charge in [-0.1, -0.05) is 19.4 Å². The Kier molecular flexibility index (Phi) is 4.73. The third-order valence-electron chi connectivity index (χ3n) is 5.85. The van der Waals surface area contributed by atoms with Crippen LogP contribution in [0.1, 0.15) is 30.3 Å². The van der Waals surface area contributed by atoms with Crippen molar-refractivity contribution in [1.29, 1.82) is 0 Å². The van der Waals surface area contributed by atoms with Crippen LogP contribution in [0.3, 0.4) is 0 Å². The maximum absolute atomic E-state index is 4.98. The molecule has 4 aromatic rings. The Morgan fingerprint density at radius 2 is 1.80 bits per heavy atom. The second kappa shape index (κ2) is 7.55. The fourth-order valence-corrected chi connectivity index (χ4v) is 4.42. The highest BCUT2D eigenvalue weighted by molar-refractivity contribution is 5.93. The molecule has 0 aliphatic carbocycles. The Morgan fingerprint density at radius 3 is 2.53 bits per heavy atom. The average Bonchev–Trinajstić information content (AvgIpc) is 3.12. The second-order valence-electron chi connectivity index (χ2n) is 8.09. The topological polar surface area (TPSA) is 63.7 Å². The minimum absolute atomic E-state index is 0.785. The van der Waals surface area contributed by atoms with Crippen molar-refractivity contribution in [2.75, 3.05) is 36.0 Å². The van der Waals surface area contributed by atoms with Gasteiger partial charge in [0, 0.05) is 23.5 Å². The molecule has 0 unspecified atom stereocenters. The van der Waals surface area contributed by atoms with Gasteiger partial charge >= 0.3 is 0 Å². The first-order valence-electron chi connectivity index (χ1n) is 10.8. The van der Waals surface area contributed by atoms with Gasteiger partial charge in [0.25, 0.3) is 5.82 Å². The molecule has 4 aromatic heterocycles. The molecule has 0 radical (unpaired) electrons. The minimum atomic E-state index is 0.785. The number of nitrogens with zero attached hydrogens (tertiary/aromatic N) is 6. The van der Waals surface area contributed by atoms with Crippen LogP contribution in [-0.4, -0.2) is 45.8 Å². The highest BCUT2D eigenvalue weighted by Crippen LogP contribution is 2.27. The number of piperazine rings is 1. The molecule has 0 atom stereocenters. The summed E-state index contributed by atoms with van der Waals surface area (Å²) in [6.07, 6.45) is 4.02. The van der Waals surface area contributed by atoms with Crippen molar-refractivity contribution in [2.24, 2.45) is 0 Å². The molecule has 0 spiro atoms. The third-order valence-corrected chi connectivity index (χ3v) is 5.85. The van der Waals surface area contributed by atoms with E-state index >= 15 is 0 Å². The number of aromatic amines is 1. The molecule has 1 fully saturated rings. The molecule has 1 aliphatic heterocycles. The van der Waals surface area contributed by atoms with Gasteiger partial charge in [-0.15, -0.1) is 5.10 Å². The lowest BCUT2D eigenvalue weighted by atomic mass is 10.1. The molecule has 0 saturated carbocycles. The maximum atomic E-state index is 4.98. The second-order valence-corrected chi connectivity index (χ2v) is 8.09. The highest BCUT2D eigenvalue weighted by atomic mass is 15.4.